The monoisotopic (exact) mass is 434 g/mol. The van der Waals surface area contributed by atoms with Gasteiger partial charge in [0, 0.05) is 37.7 Å². The minimum Gasteiger partial charge on any atom is -0.378 e. The van der Waals surface area contributed by atoms with Gasteiger partial charge < -0.3 is 9.88 Å². The lowest BCUT2D eigenvalue weighted by Gasteiger charge is -2.17. The molecule has 0 aliphatic carbocycles. The summed E-state index contributed by atoms with van der Waals surface area (Å²) in [6.45, 7) is 4.06. The second-order valence-corrected chi connectivity index (χ2v) is 9.71. The van der Waals surface area contributed by atoms with E-state index in [1.54, 1.807) is 36.5 Å². The second kappa shape index (κ2) is 8.07. The van der Waals surface area contributed by atoms with Gasteiger partial charge in [-0.25, -0.2) is 13.4 Å². The molecule has 0 aliphatic heterocycles. The molecule has 7 heteroatoms. The standard InChI is InChI=1S/C24H26N4O2S/c1-16(2)20-14-25-24-22(23(20)27-31(29,30)19-11-6-5-7-12-19)21(15-26-24)17-9-8-10-18(13-17)28(3)4/h5-16H,1-4H3,(H2,25,26,27). The Labute approximate surface area is 183 Å². The number of pyridine rings is 1. The SMILES string of the molecule is CC(C)c1cnc2[nH]cc(-c3cccc(N(C)C)c3)c2c1NS(=O)(=O)c1ccccc1. The number of fused-ring (bicyclic) bond motifs is 1. The van der Waals surface area contributed by atoms with Crippen LogP contribution in [0.2, 0.25) is 0 Å². The van der Waals surface area contributed by atoms with Crippen molar-refractivity contribution in [2.45, 2.75) is 24.7 Å². The van der Waals surface area contributed by atoms with E-state index in [0.29, 0.717) is 11.3 Å². The first-order valence-corrected chi connectivity index (χ1v) is 11.6. The summed E-state index contributed by atoms with van der Waals surface area (Å²) in [6, 6.07) is 16.6. The van der Waals surface area contributed by atoms with Crippen molar-refractivity contribution in [2.75, 3.05) is 23.7 Å². The minimum atomic E-state index is -3.76. The Hall–Kier alpha value is -3.32. The average Bonchev–Trinajstić information content (AvgIpc) is 3.19. The van der Waals surface area contributed by atoms with E-state index in [9.17, 15) is 8.42 Å². The van der Waals surface area contributed by atoms with Crippen LogP contribution in [0.25, 0.3) is 22.2 Å². The molecule has 0 unspecified atom stereocenters. The maximum absolute atomic E-state index is 13.2. The van der Waals surface area contributed by atoms with Gasteiger partial charge >= 0.3 is 0 Å². The van der Waals surface area contributed by atoms with Gasteiger partial charge in [0.1, 0.15) is 5.65 Å². The van der Waals surface area contributed by atoms with Crippen LogP contribution < -0.4 is 9.62 Å². The van der Waals surface area contributed by atoms with Crippen LogP contribution in [-0.2, 0) is 10.0 Å². The summed E-state index contributed by atoms with van der Waals surface area (Å²) in [4.78, 5) is 10.0. The number of anilines is 2. The molecule has 160 valence electrons. The molecular weight excluding hydrogens is 408 g/mol. The van der Waals surface area contributed by atoms with Crippen LogP contribution in [0.3, 0.4) is 0 Å². The van der Waals surface area contributed by atoms with E-state index in [0.717, 1.165) is 27.8 Å². The van der Waals surface area contributed by atoms with Crippen molar-refractivity contribution in [3.63, 3.8) is 0 Å². The molecule has 6 nitrogen and oxygen atoms in total. The number of aromatic nitrogens is 2. The first kappa shape index (κ1) is 20.9. The number of nitrogens with zero attached hydrogens (tertiary/aromatic N) is 2. The molecule has 4 aromatic rings. The molecule has 4 rings (SSSR count). The highest BCUT2D eigenvalue weighted by Gasteiger charge is 2.22. The van der Waals surface area contributed by atoms with Crippen LogP contribution in [0.1, 0.15) is 25.3 Å². The van der Waals surface area contributed by atoms with Crippen molar-refractivity contribution < 1.29 is 8.42 Å². The minimum absolute atomic E-state index is 0.0845. The van der Waals surface area contributed by atoms with Crippen molar-refractivity contribution in [2.24, 2.45) is 0 Å². The second-order valence-electron chi connectivity index (χ2n) is 8.03. The number of benzene rings is 2. The van der Waals surface area contributed by atoms with E-state index in [4.69, 9.17) is 0 Å². The normalized spacial score (nSPS) is 11.8. The molecule has 2 aromatic heterocycles. The maximum Gasteiger partial charge on any atom is 0.261 e. The molecule has 2 aromatic carbocycles. The van der Waals surface area contributed by atoms with Crippen molar-refractivity contribution in [1.82, 2.24) is 9.97 Å². The quantitative estimate of drug-likeness (QED) is 0.436. The molecule has 0 atom stereocenters. The van der Waals surface area contributed by atoms with Gasteiger partial charge in [-0.05, 0) is 41.3 Å². The Morgan fingerprint density at radius 1 is 1.03 bits per heavy atom. The third-order valence-corrected chi connectivity index (χ3v) is 6.68. The topological polar surface area (TPSA) is 78.1 Å². The maximum atomic E-state index is 13.2. The summed E-state index contributed by atoms with van der Waals surface area (Å²) in [5.41, 5.74) is 5.00. The van der Waals surface area contributed by atoms with Gasteiger partial charge in [-0.2, -0.15) is 0 Å². The first-order valence-electron chi connectivity index (χ1n) is 10.1. The summed E-state index contributed by atoms with van der Waals surface area (Å²) in [5.74, 6) is 0.0845. The Bertz CT molecular complexity index is 1330. The lowest BCUT2D eigenvalue weighted by Crippen LogP contribution is -2.15. The Morgan fingerprint density at radius 3 is 2.45 bits per heavy atom. The fraction of sp³-hybridized carbons (Fsp3) is 0.208. The molecule has 0 amide bonds. The molecule has 0 saturated heterocycles. The lowest BCUT2D eigenvalue weighted by atomic mass is 9.98. The van der Waals surface area contributed by atoms with Crippen LogP contribution >= 0.6 is 0 Å². The van der Waals surface area contributed by atoms with E-state index in [-0.39, 0.29) is 10.8 Å². The highest BCUT2D eigenvalue weighted by Crippen LogP contribution is 2.39. The zero-order chi connectivity index (χ0) is 22.2. The van der Waals surface area contributed by atoms with Crippen LogP contribution in [0.15, 0.2) is 71.9 Å². The zero-order valence-electron chi connectivity index (χ0n) is 18.0. The van der Waals surface area contributed by atoms with Gasteiger partial charge in [-0.3, -0.25) is 4.72 Å². The summed E-state index contributed by atoms with van der Waals surface area (Å²) < 4.78 is 29.2. The molecule has 31 heavy (non-hydrogen) atoms. The molecule has 0 fully saturated rings. The largest absolute Gasteiger partial charge is 0.378 e. The summed E-state index contributed by atoms with van der Waals surface area (Å²) >= 11 is 0. The van der Waals surface area contributed by atoms with Crippen LogP contribution in [-0.4, -0.2) is 32.5 Å². The molecule has 0 bridgehead atoms. The number of rotatable bonds is 6. The summed E-state index contributed by atoms with van der Waals surface area (Å²) in [6.07, 6.45) is 3.63. The van der Waals surface area contributed by atoms with Crippen LogP contribution in [0, 0.1) is 0 Å². The number of hydrogen-bond donors (Lipinski definition) is 2. The van der Waals surface area contributed by atoms with Gasteiger partial charge in [0.2, 0.25) is 0 Å². The van der Waals surface area contributed by atoms with Gasteiger partial charge in [-0.15, -0.1) is 0 Å². The van der Waals surface area contributed by atoms with E-state index in [1.807, 2.05) is 57.2 Å². The fourth-order valence-corrected chi connectivity index (χ4v) is 4.75. The smallest absolute Gasteiger partial charge is 0.261 e. The van der Waals surface area contributed by atoms with Crippen molar-refractivity contribution in [3.05, 3.63) is 72.6 Å². The van der Waals surface area contributed by atoms with Crippen molar-refractivity contribution in [3.8, 4) is 11.1 Å². The Kier molecular flexibility index (Phi) is 5.45. The van der Waals surface area contributed by atoms with Gasteiger partial charge in [0.05, 0.1) is 16.0 Å². The highest BCUT2D eigenvalue weighted by molar-refractivity contribution is 7.92. The van der Waals surface area contributed by atoms with Gasteiger partial charge in [0.25, 0.3) is 10.0 Å². The Balaban J connectivity index is 1.94. The summed E-state index contributed by atoms with van der Waals surface area (Å²) in [7, 11) is 0.225. The molecular formula is C24H26N4O2S. The number of H-pyrrole nitrogens is 1. The molecule has 0 aliphatic rings. The van der Waals surface area contributed by atoms with Gasteiger partial charge in [0.15, 0.2) is 0 Å². The highest BCUT2D eigenvalue weighted by atomic mass is 32.2. The predicted octanol–water partition coefficient (Wildman–Crippen LogP) is 5.22. The van der Waals surface area contributed by atoms with E-state index in [2.05, 4.69) is 20.8 Å². The first-order chi connectivity index (χ1) is 14.8. The molecule has 0 saturated carbocycles. The predicted molar refractivity (Wildman–Crippen MR) is 127 cm³/mol. The number of aromatic amines is 1. The third-order valence-electron chi connectivity index (χ3n) is 5.32. The van der Waals surface area contributed by atoms with E-state index >= 15 is 0 Å². The number of nitrogens with one attached hydrogen (secondary N) is 2. The summed E-state index contributed by atoms with van der Waals surface area (Å²) in [5, 5.41) is 0.765. The molecule has 2 heterocycles. The van der Waals surface area contributed by atoms with E-state index < -0.39 is 10.0 Å². The van der Waals surface area contributed by atoms with Crippen molar-refractivity contribution >= 4 is 32.4 Å². The van der Waals surface area contributed by atoms with E-state index in [1.165, 1.54) is 0 Å². The number of sulfonamides is 1. The van der Waals surface area contributed by atoms with Crippen LogP contribution in [0.4, 0.5) is 11.4 Å². The third kappa shape index (κ3) is 4.01. The Morgan fingerprint density at radius 2 is 1.77 bits per heavy atom. The molecule has 0 spiro atoms. The average molecular weight is 435 g/mol. The van der Waals surface area contributed by atoms with Crippen molar-refractivity contribution in [1.29, 1.82) is 0 Å². The number of hydrogen-bond acceptors (Lipinski definition) is 4. The lowest BCUT2D eigenvalue weighted by molar-refractivity contribution is 0.601. The zero-order valence-corrected chi connectivity index (χ0v) is 18.9. The molecule has 0 radical (unpaired) electrons. The van der Waals surface area contributed by atoms with Crippen LogP contribution in [0.5, 0.6) is 0 Å². The van der Waals surface area contributed by atoms with Gasteiger partial charge in [-0.1, -0.05) is 44.2 Å². The molecule has 2 N–H and O–H groups in total. The fourth-order valence-electron chi connectivity index (χ4n) is 3.63.